The summed E-state index contributed by atoms with van der Waals surface area (Å²) in [6, 6.07) is 26.9. The summed E-state index contributed by atoms with van der Waals surface area (Å²) in [5.41, 5.74) is 4.54. The molecule has 0 aliphatic rings. The number of rotatable bonds is 16. The first-order valence-electron chi connectivity index (χ1n) is 15.8. The van der Waals surface area contributed by atoms with Crippen LogP contribution in [0.25, 0.3) is 0 Å². The molecule has 0 saturated carbocycles. The van der Waals surface area contributed by atoms with Gasteiger partial charge in [0.1, 0.15) is 17.3 Å². The highest BCUT2D eigenvalue weighted by molar-refractivity contribution is 5.44. The number of phenolic OH excluding ortho intramolecular Hbond substituents is 2. The zero-order valence-corrected chi connectivity index (χ0v) is 26.8. The number of ether oxygens (including phenoxy) is 1. The second-order valence-electron chi connectivity index (χ2n) is 12.1. The van der Waals surface area contributed by atoms with Crippen molar-refractivity contribution in [3.63, 3.8) is 0 Å². The van der Waals surface area contributed by atoms with Gasteiger partial charge in [0.15, 0.2) is 11.6 Å². The predicted molar refractivity (Wildman–Crippen MR) is 177 cm³/mol. The monoisotopic (exact) mass is 616 g/mol. The Hall–Kier alpha value is -3.94. The summed E-state index contributed by atoms with van der Waals surface area (Å²) in [5.74, 6) is -1.02. The highest BCUT2D eigenvalue weighted by Crippen LogP contribution is 2.35. The molecule has 0 spiro atoms. The smallest absolute Gasteiger partial charge is 0.168 e. The van der Waals surface area contributed by atoms with Crippen LogP contribution in [-0.4, -0.2) is 46.9 Å². The molecular formula is C38H46F2N2O3. The van der Waals surface area contributed by atoms with E-state index in [0.29, 0.717) is 49.9 Å². The lowest BCUT2D eigenvalue weighted by atomic mass is 9.86. The molecule has 7 heteroatoms. The van der Waals surface area contributed by atoms with Crippen molar-refractivity contribution in [2.24, 2.45) is 0 Å². The van der Waals surface area contributed by atoms with Crippen LogP contribution >= 0.6 is 0 Å². The SMILES string of the molecule is CC(C)N(CC[C@H](c1ccccc1)c1cc(CCOc2ccc(CCNCc3cc(F)cc(F)c3O)cc2)ccc1O)C(C)C. The summed E-state index contributed by atoms with van der Waals surface area (Å²) < 4.78 is 33.0. The Morgan fingerprint density at radius 1 is 0.800 bits per heavy atom. The fourth-order valence-corrected chi connectivity index (χ4v) is 5.87. The second-order valence-corrected chi connectivity index (χ2v) is 12.1. The molecule has 0 heterocycles. The Labute approximate surface area is 266 Å². The van der Waals surface area contributed by atoms with E-state index in [-0.39, 0.29) is 18.0 Å². The Morgan fingerprint density at radius 2 is 1.49 bits per heavy atom. The number of halogens is 2. The lowest BCUT2D eigenvalue weighted by molar-refractivity contribution is 0.170. The zero-order chi connectivity index (χ0) is 32.3. The Kier molecular flexibility index (Phi) is 12.4. The van der Waals surface area contributed by atoms with Crippen molar-refractivity contribution < 1.29 is 23.7 Å². The largest absolute Gasteiger partial charge is 0.508 e. The third-order valence-corrected chi connectivity index (χ3v) is 8.27. The summed E-state index contributed by atoms with van der Waals surface area (Å²) in [6.45, 7) is 11.1. The van der Waals surface area contributed by atoms with Crippen molar-refractivity contribution in [1.29, 1.82) is 0 Å². The van der Waals surface area contributed by atoms with Gasteiger partial charge in [0.05, 0.1) is 6.61 Å². The normalized spacial score (nSPS) is 12.3. The lowest BCUT2D eigenvalue weighted by Gasteiger charge is -2.32. The summed E-state index contributed by atoms with van der Waals surface area (Å²) in [5, 5.41) is 23.9. The molecule has 0 radical (unpaired) electrons. The summed E-state index contributed by atoms with van der Waals surface area (Å²) in [4.78, 5) is 2.49. The molecule has 0 aliphatic heterocycles. The van der Waals surface area contributed by atoms with Gasteiger partial charge in [-0.25, -0.2) is 8.78 Å². The second kappa shape index (κ2) is 16.4. The number of nitrogens with one attached hydrogen (secondary N) is 1. The van der Waals surface area contributed by atoms with E-state index in [1.807, 2.05) is 36.4 Å². The van der Waals surface area contributed by atoms with Crippen molar-refractivity contribution in [2.75, 3.05) is 19.7 Å². The van der Waals surface area contributed by atoms with Gasteiger partial charge < -0.3 is 20.3 Å². The Balaban J connectivity index is 1.31. The van der Waals surface area contributed by atoms with E-state index in [9.17, 15) is 19.0 Å². The van der Waals surface area contributed by atoms with Crippen LogP contribution in [0.2, 0.25) is 0 Å². The first kappa shape index (κ1) is 33.9. The third kappa shape index (κ3) is 9.77. The molecule has 4 aromatic carbocycles. The summed E-state index contributed by atoms with van der Waals surface area (Å²) in [7, 11) is 0. The highest BCUT2D eigenvalue weighted by atomic mass is 19.1. The molecular weight excluding hydrogens is 570 g/mol. The van der Waals surface area contributed by atoms with E-state index in [4.69, 9.17) is 4.74 Å². The molecule has 0 bridgehead atoms. The quantitative estimate of drug-likeness (QED) is 0.112. The van der Waals surface area contributed by atoms with Gasteiger partial charge in [0, 0.05) is 48.2 Å². The maximum Gasteiger partial charge on any atom is 0.168 e. The van der Waals surface area contributed by atoms with E-state index in [1.54, 1.807) is 6.07 Å². The number of hydrogen-bond donors (Lipinski definition) is 3. The van der Waals surface area contributed by atoms with Crippen molar-refractivity contribution in [1.82, 2.24) is 10.2 Å². The maximum atomic E-state index is 13.5. The van der Waals surface area contributed by atoms with Gasteiger partial charge in [-0.05, 0) is 94.6 Å². The van der Waals surface area contributed by atoms with Gasteiger partial charge in [-0.2, -0.15) is 0 Å². The van der Waals surface area contributed by atoms with Crippen molar-refractivity contribution in [3.8, 4) is 17.2 Å². The standard InChI is InChI=1S/C38H46F2N2O3/c1-26(2)42(27(3)4)20-17-34(30-8-6-5-7-9-30)35-22-29(12-15-37(35)43)18-21-45-33-13-10-28(11-14-33)16-19-41-25-31-23-32(39)24-36(40)38(31)44/h5-15,22-24,26-27,34,41,43-44H,16-21,25H2,1-4H3/t34-/m1/s1. The fraction of sp³-hybridized carbons (Fsp3) is 0.368. The van der Waals surface area contributed by atoms with E-state index in [1.165, 1.54) is 5.56 Å². The number of hydrogen-bond acceptors (Lipinski definition) is 5. The molecule has 0 saturated heterocycles. The van der Waals surface area contributed by atoms with E-state index in [0.717, 1.165) is 41.5 Å². The Bertz CT molecular complexity index is 1490. The molecule has 0 fully saturated rings. The minimum Gasteiger partial charge on any atom is -0.508 e. The topological polar surface area (TPSA) is 65.0 Å². The minimum absolute atomic E-state index is 0.0785. The molecule has 0 unspecified atom stereocenters. The van der Waals surface area contributed by atoms with Gasteiger partial charge in [0.25, 0.3) is 0 Å². The highest BCUT2D eigenvalue weighted by Gasteiger charge is 2.22. The number of aromatic hydroxyl groups is 2. The van der Waals surface area contributed by atoms with Gasteiger partial charge in [-0.3, -0.25) is 4.90 Å². The van der Waals surface area contributed by atoms with Crippen LogP contribution < -0.4 is 10.1 Å². The van der Waals surface area contributed by atoms with Crippen LogP contribution in [-0.2, 0) is 19.4 Å². The Morgan fingerprint density at radius 3 is 2.18 bits per heavy atom. The lowest BCUT2D eigenvalue weighted by Crippen LogP contribution is -2.38. The molecule has 45 heavy (non-hydrogen) atoms. The minimum atomic E-state index is -0.958. The molecule has 0 aliphatic carbocycles. The number of nitrogens with zero attached hydrogens (tertiary/aromatic N) is 1. The van der Waals surface area contributed by atoms with Crippen LogP contribution in [0, 0.1) is 11.6 Å². The zero-order valence-electron chi connectivity index (χ0n) is 26.8. The van der Waals surface area contributed by atoms with Gasteiger partial charge in [-0.1, -0.05) is 54.6 Å². The fourth-order valence-electron chi connectivity index (χ4n) is 5.87. The van der Waals surface area contributed by atoms with Crippen molar-refractivity contribution in [3.05, 3.63) is 124 Å². The van der Waals surface area contributed by atoms with Crippen LogP contribution in [0.4, 0.5) is 8.78 Å². The van der Waals surface area contributed by atoms with E-state index < -0.39 is 17.4 Å². The molecule has 0 aromatic heterocycles. The van der Waals surface area contributed by atoms with Crippen LogP contribution in [0.3, 0.4) is 0 Å². The van der Waals surface area contributed by atoms with Crippen LogP contribution in [0.15, 0.2) is 84.9 Å². The summed E-state index contributed by atoms with van der Waals surface area (Å²) >= 11 is 0. The van der Waals surface area contributed by atoms with Gasteiger partial charge >= 0.3 is 0 Å². The molecule has 1 atom stereocenters. The molecule has 4 rings (SSSR count). The predicted octanol–water partition coefficient (Wildman–Crippen LogP) is 7.97. The molecule has 3 N–H and O–H groups in total. The molecule has 4 aromatic rings. The first-order chi connectivity index (χ1) is 21.6. The number of phenols is 2. The number of benzene rings is 4. The van der Waals surface area contributed by atoms with Crippen molar-refractivity contribution >= 4 is 0 Å². The average Bonchev–Trinajstić information content (AvgIpc) is 3.01. The van der Waals surface area contributed by atoms with Crippen molar-refractivity contribution in [2.45, 2.75) is 71.5 Å². The third-order valence-electron chi connectivity index (χ3n) is 8.27. The van der Waals surface area contributed by atoms with Crippen LogP contribution in [0.5, 0.6) is 17.2 Å². The van der Waals surface area contributed by atoms with Gasteiger partial charge in [-0.15, -0.1) is 0 Å². The molecule has 5 nitrogen and oxygen atoms in total. The van der Waals surface area contributed by atoms with Crippen LogP contribution in [0.1, 0.15) is 67.9 Å². The summed E-state index contributed by atoms with van der Waals surface area (Å²) in [6.07, 6.45) is 2.32. The van der Waals surface area contributed by atoms with E-state index in [2.05, 4.69) is 68.2 Å². The average molecular weight is 617 g/mol. The van der Waals surface area contributed by atoms with E-state index >= 15 is 0 Å². The molecule has 240 valence electrons. The molecule has 0 amide bonds. The first-order valence-corrected chi connectivity index (χ1v) is 15.8. The van der Waals surface area contributed by atoms with Gasteiger partial charge in [0.2, 0.25) is 0 Å². The maximum absolute atomic E-state index is 13.5.